The normalized spacial score (nSPS) is 11.3. The van der Waals surface area contributed by atoms with E-state index in [4.69, 9.17) is 34.0 Å². The number of amides is 1. The fourth-order valence-corrected chi connectivity index (χ4v) is 4.42. The molecule has 0 saturated heterocycles. The number of sulfone groups is 1. The second-order valence-electron chi connectivity index (χ2n) is 6.34. The van der Waals surface area contributed by atoms with Crippen LogP contribution < -0.4 is 11.1 Å². The van der Waals surface area contributed by atoms with Crippen molar-refractivity contribution < 1.29 is 18.3 Å². The highest BCUT2D eigenvalue weighted by atomic mass is 35.5. The lowest BCUT2D eigenvalue weighted by Crippen LogP contribution is -2.26. The average Bonchev–Trinajstić information content (AvgIpc) is 2.72. The quantitative estimate of drug-likeness (QED) is 0.464. The molecule has 0 fully saturated rings. The Hall–Kier alpha value is -2.79. The van der Waals surface area contributed by atoms with E-state index < -0.39 is 20.9 Å². The van der Waals surface area contributed by atoms with Crippen LogP contribution in [0.15, 0.2) is 47.6 Å². The zero-order valence-electron chi connectivity index (χ0n) is 15.9. The van der Waals surface area contributed by atoms with E-state index in [1.54, 1.807) is 30.3 Å². The summed E-state index contributed by atoms with van der Waals surface area (Å²) in [7, 11) is -3.94. The van der Waals surface area contributed by atoms with Crippen LogP contribution in [0.1, 0.15) is 15.9 Å². The van der Waals surface area contributed by atoms with E-state index in [0.29, 0.717) is 5.56 Å². The molecule has 0 aliphatic carbocycles. The van der Waals surface area contributed by atoms with Gasteiger partial charge in [-0.05, 0) is 17.7 Å². The molecule has 0 aliphatic heterocycles. The van der Waals surface area contributed by atoms with Crippen molar-refractivity contribution in [2.75, 3.05) is 18.9 Å². The Labute approximate surface area is 188 Å². The highest BCUT2D eigenvalue weighted by molar-refractivity contribution is 7.90. The summed E-state index contributed by atoms with van der Waals surface area (Å²) in [5.74, 6) is -1.35. The van der Waals surface area contributed by atoms with Crippen molar-refractivity contribution in [1.82, 2.24) is 20.3 Å². The highest BCUT2D eigenvalue weighted by Crippen LogP contribution is 2.32. The molecule has 0 spiro atoms. The van der Waals surface area contributed by atoms with Gasteiger partial charge >= 0.3 is 0 Å². The van der Waals surface area contributed by atoms with E-state index in [-0.39, 0.29) is 51.8 Å². The number of aliphatic hydroxyl groups is 1. The van der Waals surface area contributed by atoms with Gasteiger partial charge in [-0.3, -0.25) is 4.79 Å². The van der Waals surface area contributed by atoms with E-state index in [1.807, 2.05) is 0 Å². The largest absolute Gasteiger partial charge is 0.395 e. The minimum absolute atomic E-state index is 0.0215. The van der Waals surface area contributed by atoms with E-state index >= 15 is 0 Å². The minimum Gasteiger partial charge on any atom is -0.395 e. The first-order chi connectivity index (χ1) is 14.7. The molecule has 1 heterocycles. The first-order valence-corrected chi connectivity index (χ1v) is 11.3. The zero-order chi connectivity index (χ0) is 22.6. The first kappa shape index (κ1) is 22.9. The number of aliphatic hydroxyl groups excluding tert-OH is 1. The molecule has 0 atom stereocenters. The summed E-state index contributed by atoms with van der Waals surface area (Å²) in [6.45, 7) is -0.232. The smallest absolute Gasteiger partial charge is 0.252 e. The number of halogens is 2. The summed E-state index contributed by atoms with van der Waals surface area (Å²) in [4.78, 5) is 24.1. The minimum atomic E-state index is -3.94. The predicted octanol–water partition coefficient (Wildman–Crippen LogP) is 2.12. The van der Waals surface area contributed by atoms with Crippen LogP contribution >= 0.6 is 23.2 Å². The summed E-state index contributed by atoms with van der Waals surface area (Å²) in [5, 5.41) is 11.0. The van der Waals surface area contributed by atoms with Crippen LogP contribution in [0.25, 0.3) is 11.4 Å². The molecule has 9 nitrogen and oxygen atoms in total. The van der Waals surface area contributed by atoms with Gasteiger partial charge < -0.3 is 16.2 Å². The number of hydrogen-bond donors (Lipinski definition) is 3. The molecule has 0 unspecified atom stereocenters. The van der Waals surface area contributed by atoms with E-state index in [9.17, 15) is 13.2 Å². The molecule has 1 amide bonds. The average molecular weight is 482 g/mol. The Morgan fingerprint density at radius 3 is 2.45 bits per heavy atom. The monoisotopic (exact) mass is 481 g/mol. The Balaban J connectivity index is 2.04. The van der Waals surface area contributed by atoms with Gasteiger partial charge in [-0.2, -0.15) is 15.0 Å². The van der Waals surface area contributed by atoms with Crippen LogP contribution in [0.3, 0.4) is 0 Å². The molecule has 12 heteroatoms. The van der Waals surface area contributed by atoms with Crippen LogP contribution in [0.2, 0.25) is 10.0 Å². The molecular weight excluding hydrogens is 465 g/mol. The number of nitrogens with zero attached hydrogens (tertiary/aromatic N) is 3. The number of carbonyl (C=O) groups is 1. The Kier molecular flexibility index (Phi) is 7.06. The summed E-state index contributed by atoms with van der Waals surface area (Å²) >= 11 is 12.4. The third-order valence-electron chi connectivity index (χ3n) is 4.05. The van der Waals surface area contributed by atoms with Crippen LogP contribution in [0.5, 0.6) is 0 Å². The topological polar surface area (TPSA) is 148 Å². The number of benzene rings is 2. The van der Waals surface area contributed by atoms with Gasteiger partial charge in [-0.1, -0.05) is 53.5 Å². The Morgan fingerprint density at radius 1 is 1.06 bits per heavy atom. The lowest BCUT2D eigenvalue weighted by atomic mass is 10.1. The lowest BCUT2D eigenvalue weighted by molar-refractivity contribution is 0.0945. The molecule has 2 aromatic carbocycles. The van der Waals surface area contributed by atoms with Crippen molar-refractivity contribution in [3.05, 3.63) is 63.6 Å². The molecule has 1 aromatic heterocycles. The van der Waals surface area contributed by atoms with Gasteiger partial charge in [-0.25, -0.2) is 8.42 Å². The van der Waals surface area contributed by atoms with Crippen molar-refractivity contribution in [2.45, 2.75) is 10.9 Å². The third kappa shape index (κ3) is 5.47. The maximum Gasteiger partial charge on any atom is 0.252 e. The second-order valence-corrected chi connectivity index (χ2v) is 9.03. The SMILES string of the molecule is Nc1nc(-c2cc(C(=O)NCCO)c(Cl)cc2Cl)nc(S(=O)(=O)Cc2ccccc2)n1. The molecular formula is C19H17Cl2N5O4S. The number of carbonyl (C=O) groups excluding carboxylic acids is 1. The molecule has 162 valence electrons. The van der Waals surface area contributed by atoms with Gasteiger partial charge in [0.2, 0.25) is 15.8 Å². The molecule has 0 radical (unpaired) electrons. The van der Waals surface area contributed by atoms with Gasteiger partial charge in [0, 0.05) is 12.1 Å². The van der Waals surface area contributed by atoms with Gasteiger partial charge in [-0.15, -0.1) is 0 Å². The van der Waals surface area contributed by atoms with E-state index in [0.717, 1.165) is 0 Å². The molecule has 4 N–H and O–H groups in total. The van der Waals surface area contributed by atoms with Crippen molar-refractivity contribution in [3.63, 3.8) is 0 Å². The molecule has 0 saturated carbocycles. The first-order valence-electron chi connectivity index (χ1n) is 8.88. The van der Waals surface area contributed by atoms with Crippen LogP contribution in [0, 0.1) is 0 Å². The summed E-state index contributed by atoms with van der Waals surface area (Å²) < 4.78 is 25.6. The fourth-order valence-electron chi connectivity index (χ4n) is 2.65. The van der Waals surface area contributed by atoms with Crippen molar-refractivity contribution >= 4 is 44.9 Å². The summed E-state index contributed by atoms with van der Waals surface area (Å²) in [6, 6.07) is 11.2. The molecule has 3 aromatic rings. The maximum atomic E-state index is 12.8. The standard InChI is InChI=1S/C19H17Cl2N5O4S/c20-14-9-15(21)13(17(28)23-6-7-27)8-12(14)16-24-18(22)26-19(25-16)31(29,30)10-11-4-2-1-3-5-11/h1-5,8-9,27H,6-7,10H2,(H,23,28)(H2,22,24,25,26). The van der Waals surface area contributed by atoms with Crippen molar-refractivity contribution in [3.8, 4) is 11.4 Å². The van der Waals surface area contributed by atoms with Gasteiger partial charge in [0.15, 0.2) is 5.82 Å². The predicted molar refractivity (Wildman–Crippen MR) is 116 cm³/mol. The van der Waals surface area contributed by atoms with E-state index in [1.165, 1.54) is 12.1 Å². The van der Waals surface area contributed by atoms with Crippen molar-refractivity contribution in [1.29, 1.82) is 0 Å². The van der Waals surface area contributed by atoms with Crippen LogP contribution in [-0.2, 0) is 15.6 Å². The van der Waals surface area contributed by atoms with E-state index in [2.05, 4.69) is 20.3 Å². The van der Waals surface area contributed by atoms with Crippen molar-refractivity contribution in [2.24, 2.45) is 0 Å². The van der Waals surface area contributed by atoms with Crippen LogP contribution in [0.4, 0.5) is 5.95 Å². The number of rotatable bonds is 7. The highest BCUT2D eigenvalue weighted by Gasteiger charge is 2.23. The zero-order valence-corrected chi connectivity index (χ0v) is 18.2. The summed E-state index contributed by atoms with van der Waals surface area (Å²) in [6.07, 6.45) is 0. The number of aromatic nitrogens is 3. The lowest BCUT2D eigenvalue weighted by Gasteiger charge is -2.11. The van der Waals surface area contributed by atoms with Crippen LogP contribution in [-0.4, -0.2) is 47.5 Å². The Bertz CT molecular complexity index is 1220. The van der Waals surface area contributed by atoms with Gasteiger partial charge in [0.25, 0.3) is 11.1 Å². The number of anilines is 1. The number of nitrogens with one attached hydrogen (secondary N) is 1. The molecule has 0 bridgehead atoms. The number of hydrogen-bond acceptors (Lipinski definition) is 8. The molecule has 3 rings (SSSR count). The molecule has 0 aliphatic rings. The molecule has 31 heavy (non-hydrogen) atoms. The Morgan fingerprint density at radius 2 is 1.77 bits per heavy atom. The number of nitrogens with two attached hydrogens (primary N) is 1. The van der Waals surface area contributed by atoms with Gasteiger partial charge in [0.05, 0.1) is 28.0 Å². The summed E-state index contributed by atoms with van der Waals surface area (Å²) in [5.41, 5.74) is 6.47. The van der Waals surface area contributed by atoms with Gasteiger partial charge in [0.1, 0.15) is 0 Å². The third-order valence-corrected chi connectivity index (χ3v) is 6.13. The second kappa shape index (κ2) is 9.56. The fraction of sp³-hybridized carbons (Fsp3) is 0.158. The maximum absolute atomic E-state index is 12.8. The number of nitrogen functional groups attached to an aromatic ring is 1.